The van der Waals surface area contributed by atoms with Gasteiger partial charge in [0.1, 0.15) is 0 Å². The molecule has 0 amide bonds. The van der Waals surface area contributed by atoms with Crippen molar-refractivity contribution in [3.63, 3.8) is 0 Å². The van der Waals surface area contributed by atoms with Crippen molar-refractivity contribution in [1.82, 2.24) is 9.97 Å². The fourth-order valence-corrected chi connectivity index (χ4v) is 1.86. The molecule has 2 aromatic rings. The third kappa shape index (κ3) is 3.23. The van der Waals surface area contributed by atoms with Gasteiger partial charge in [-0.2, -0.15) is 0 Å². The molecule has 1 atom stereocenters. The number of benzene rings is 1. The molecule has 0 aliphatic rings. The summed E-state index contributed by atoms with van der Waals surface area (Å²) >= 11 is 0. The van der Waals surface area contributed by atoms with Gasteiger partial charge in [-0.15, -0.1) is 0 Å². The van der Waals surface area contributed by atoms with Crippen molar-refractivity contribution < 1.29 is 4.74 Å². The minimum Gasteiger partial charge on any atom is -0.385 e. The van der Waals surface area contributed by atoms with Crippen LogP contribution in [0.5, 0.6) is 0 Å². The summed E-state index contributed by atoms with van der Waals surface area (Å²) in [5.74, 6) is 0. The van der Waals surface area contributed by atoms with Crippen LogP contribution in [0.4, 0.5) is 5.69 Å². The first-order valence-corrected chi connectivity index (χ1v) is 6.12. The van der Waals surface area contributed by atoms with Crippen LogP contribution in [0, 0.1) is 0 Å². The number of H-pyrrole nitrogens is 2. The molecule has 0 spiro atoms. The molecule has 2 rings (SSSR count). The Labute approximate surface area is 109 Å². The molecule has 1 unspecified atom stereocenters. The highest BCUT2D eigenvalue weighted by Gasteiger charge is 2.04. The first-order valence-electron chi connectivity index (χ1n) is 6.12. The van der Waals surface area contributed by atoms with E-state index in [1.165, 1.54) is 0 Å². The first-order chi connectivity index (χ1) is 9.10. The van der Waals surface area contributed by atoms with Crippen molar-refractivity contribution in [3.05, 3.63) is 38.9 Å². The number of methoxy groups -OCH3 is 1. The Morgan fingerprint density at radius 2 is 1.89 bits per heavy atom. The zero-order valence-corrected chi connectivity index (χ0v) is 10.9. The highest BCUT2D eigenvalue weighted by Crippen LogP contribution is 2.15. The zero-order valence-electron chi connectivity index (χ0n) is 10.9. The molecule has 0 saturated heterocycles. The summed E-state index contributed by atoms with van der Waals surface area (Å²) in [6, 6.07) is 5.68. The number of nitrogens with one attached hydrogen (secondary N) is 3. The van der Waals surface area contributed by atoms with Gasteiger partial charge in [-0.25, -0.2) is 0 Å². The second kappa shape index (κ2) is 5.71. The van der Waals surface area contributed by atoms with Gasteiger partial charge < -0.3 is 20.0 Å². The molecule has 1 aromatic carbocycles. The van der Waals surface area contributed by atoms with E-state index in [0.29, 0.717) is 17.6 Å². The van der Waals surface area contributed by atoms with Crippen molar-refractivity contribution in [2.45, 2.75) is 19.4 Å². The van der Waals surface area contributed by atoms with Crippen LogP contribution in [-0.4, -0.2) is 29.7 Å². The molecular weight excluding hydrogens is 246 g/mol. The molecule has 6 nitrogen and oxygen atoms in total. The fraction of sp³-hybridized carbons (Fsp3) is 0.385. The number of anilines is 1. The minimum atomic E-state index is -0.642. The van der Waals surface area contributed by atoms with E-state index in [1.807, 2.05) is 6.07 Å². The van der Waals surface area contributed by atoms with E-state index in [1.54, 1.807) is 19.2 Å². The Bertz CT molecular complexity index is 675. The third-order valence-electron chi connectivity index (χ3n) is 2.89. The summed E-state index contributed by atoms with van der Waals surface area (Å²) in [4.78, 5) is 27.5. The Morgan fingerprint density at radius 1 is 1.21 bits per heavy atom. The minimum absolute atomic E-state index is 0.256. The first kappa shape index (κ1) is 13.4. The SMILES string of the molecule is COCCC(C)Nc1ccc2[nH]c(=O)c(=O)[nH]c2c1. The van der Waals surface area contributed by atoms with Crippen LogP contribution in [0.25, 0.3) is 11.0 Å². The summed E-state index contributed by atoms with van der Waals surface area (Å²) in [5, 5.41) is 3.31. The molecule has 0 radical (unpaired) electrons. The van der Waals surface area contributed by atoms with Crippen molar-refractivity contribution in [2.24, 2.45) is 0 Å². The van der Waals surface area contributed by atoms with E-state index in [-0.39, 0.29) is 6.04 Å². The molecular formula is C13H17N3O3. The molecule has 0 bridgehead atoms. The predicted molar refractivity (Wildman–Crippen MR) is 74.8 cm³/mol. The van der Waals surface area contributed by atoms with Gasteiger partial charge >= 0.3 is 11.1 Å². The normalized spacial score (nSPS) is 12.5. The zero-order chi connectivity index (χ0) is 13.8. The van der Waals surface area contributed by atoms with Crippen LogP contribution in [-0.2, 0) is 4.74 Å². The monoisotopic (exact) mass is 263 g/mol. The number of hydrogen-bond donors (Lipinski definition) is 3. The third-order valence-corrected chi connectivity index (χ3v) is 2.89. The van der Waals surface area contributed by atoms with Crippen LogP contribution in [0.15, 0.2) is 27.8 Å². The van der Waals surface area contributed by atoms with Gasteiger partial charge in [0.2, 0.25) is 0 Å². The predicted octanol–water partition coefficient (Wildman–Crippen LogP) is 1.05. The highest BCUT2D eigenvalue weighted by molar-refractivity contribution is 5.78. The standard InChI is InChI=1S/C13H17N3O3/c1-8(5-6-19-2)14-9-3-4-10-11(7-9)16-13(18)12(17)15-10/h3-4,7-8,14H,5-6H2,1-2H3,(H,15,17)(H,16,18). The van der Waals surface area contributed by atoms with E-state index in [0.717, 1.165) is 12.1 Å². The number of rotatable bonds is 5. The van der Waals surface area contributed by atoms with Gasteiger partial charge in [0.05, 0.1) is 11.0 Å². The van der Waals surface area contributed by atoms with Gasteiger partial charge in [-0.3, -0.25) is 9.59 Å². The molecule has 19 heavy (non-hydrogen) atoms. The lowest BCUT2D eigenvalue weighted by atomic mass is 10.2. The Kier molecular flexibility index (Phi) is 4.01. The summed E-state index contributed by atoms with van der Waals surface area (Å²) in [6.45, 7) is 2.74. The lowest BCUT2D eigenvalue weighted by Crippen LogP contribution is -2.28. The summed E-state index contributed by atoms with van der Waals surface area (Å²) < 4.78 is 5.02. The molecule has 3 N–H and O–H groups in total. The van der Waals surface area contributed by atoms with Crippen molar-refractivity contribution >= 4 is 16.7 Å². The van der Waals surface area contributed by atoms with Crippen LogP contribution in [0.3, 0.4) is 0 Å². The molecule has 102 valence electrons. The topological polar surface area (TPSA) is 87.0 Å². The van der Waals surface area contributed by atoms with Gasteiger partial charge in [-0.1, -0.05) is 0 Å². The molecule has 1 heterocycles. The fourth-order valence-electron chi connectivity index (χ4n) is 1.86. The van der Waals surface area contributed by atoms with Gasteiger partial charge in [0.15, 0.2) is 0 Å². The van der Waals surface area contributed by atoms with Gasteiger partial charge in [0, 0.05) is 25.4 Å². The molecule has 0 aliphatic heterocycles. The van der Waals surface area contributed by atoms with Crippen molar-refractivity contribution in [1.29, 1.82) is 0 Å². The lowest BCUT2D eigenvalue weighted by Gasteiger charge is -2.15. The molecule has 0 saturated carbocycles. The number of aromatic nitrogens is 2. The molecule has 6 heteroatoms. The number of aromatic amines is 2. The summed E-state index contributed by atoms with van der Waals surface area (Å²) in [6.07, 6.45) is 0.886. The largest absolute Gasteiger partial charge is 0.385 e. The quantitative estimate of drug-likeness (QED) is 0.704. The summed E-state index contributed by atoms with van der Waals surface area (Å²) in [7, 11) is 1.67. The van der Waals surface area contributed by atoms with Crippen LogP contribution in [0.2, 0.25) is 0 Å². The van der Waals surface area contributed by atoms with Gasteiger partial charge in [-0.05, 0) is 31.5 Å². The van der Waals surface area contributed by atoms with Crippen molar-refractivity contribution in [3.8, 4) is 0 Å². The second-order valence-corrected chi connectivity index (χ2v) is 4.50. The molecule has 1 aromatic heterocycles. The van der Waals surface area contributed by atoms with Crippen LogP contribution >= 0.6 is 0 Å². The Balaban J connectivity index is 2.24. The second-order valence-electron chi connectivity index (χ2n) is 4.50. The van der Waals surface area contributed by atoms with E-state index in [2.05, 4.69) is 22.2 Å². The number of ether oxygens (including phenoxy) is 1. The molecule has 0 aliphatic carbocycles. The van der Waals surface area contributed by atoms with Crippen molar-refractivity contribution in [2.75, 3.05) is 19.0 Å². The van der Waals surface area contributed by atoms with E-state index in [9.17, 15) is 9.59 Å². The van der Waals surface area contributed by atoms with E-state index >= 15 is 0 Å². The maximum atomic E-state index is 11.3. The van der Waals surface area contributed by atoms with E-state index in [4.69, 9.17) is 4.74 Å². The number of hydrogen-bond acceptors (Lipinski definition) is 4. The number of fused-ring (bicyclic) bond motifs is 1. The van der Waals surface area contributed by atoms with Crippen LogP contribution < -0.4 is 16.4 Å². The highest BCUT2D eigenvalue weighted by atomic mass is 16.5. The average Bonchev–Trinajstić information content (AvgIpc) is 2.38. The van der Waals surface area contributed by atoms with Crippen LogP contribution in [0.1, 0.15) is 13.3 Å². The van der Waals surface area contributed by atoms with E-state index < -0.39 is 11.1 Å². The Morgan fingerprint density at radius 3 is 2.58 bits per heavy atom. The smallest absolute Gasteiger partial charge is 0.314 e. The maximum absolute atomic E-state index is 11.3. The Hall–Kier alpha value is -2.08. The maximum Gasteiger partial charge on any atom is 0.314 e. The molecule has 0 fully saturated rings. The average molecular weight is 263 g/mol. The summed E-state index contributed by atoms with van der Waals surface area (Å²) in [5.41, 5.74) is 0.825. The lowest BCUT2D eigenvalue weighted by molar-refractivity contribution is 0.191. The van der Waals surface area contributed by atoms with Gasteiger partial charge in [0.25, 0.3) is 0 Å².